The molecule has 3 nitrogen and oxygen atoms in total. The van der Waals surface area contributed by atoms with Crippen LogP contribution in [0.3, 0.4) is 0 Å². The van der Waals surface area contributed by atoms with Gasteiger partial charge in [0, 0.05) is 25.8 Å². The van der Waals surface area contributed by atoms with Crippen molar-refractivity contribution < 1.29 is 4.39 Å². The predicted molar refractivity (Wildman–Crippen MR) is 78.6 cm³/mol. The third-order valence-corrected chi connectivity index (χ3v) is 3.54. The molecule has 104 valence electrons. The van der Waals surface area contributed by atoms with Crippen molar-refractivity contribution >= 4 is 11.5 Å². The number of rotatable bonds is 5. The zero-order valence-electron chi connectivity index (χ0n) is 11.5. The van der Waals surface area contributed by atoms with E-state index in [1.54, 1.807) is 23.2 Å². The van der Waals surface area contributed by atoms with Crippen LogP contribution in [-0.4, -0.2) is 18.1 Å². The SMILES string of the molecule is CN(c1cc(CNC2CC2)ccn1)c1ccccc1F. The van der Waals surface area contributed by atoms with E-state index in [0.717, 1.165) is 12.4 Å². The molecule has 0 spiro atoms. The lowest BCUT2D eigenvalue weighted by Gasteiger charge is -2.19. The molecule has 1 aliphatic carbocycles. The first-order valence-electron chi connectivity index (χ1n) is 6.90. The molecule has 4 heteroatoms. The van der Waals surface area contributed by atoms with Crippen LogP contribution in [0.2, 0.25) is 0 Å². The Kier molecular flexibility index (Phi) is 3.65. The van der Waals surface area contributed by atoms with Gasteiger partial charge in [0.25, 0.3) is 0 Å². The van der Waals surface area contributed by atoms with Gasteiger partial charge in [0.05, 0.1) is 5.69 Å². The molecule has 0 unspecified atom stereocenters. The Hall–Kier alpha value is -1.94. The Bertz CT molecular complexity index is 596. The maximum absolute atomic E-state index is 13.8. The number of hydrogen-bond donors (Lipinski definition) is 1. The first kappa shape index (κ1) is 13.1. The van der Waals surface area contributed by atoms with Gasteiger partial charge in [-0.05, 0) is 42.7 Å². The number of para-hydroxylation sites is 1. The van der Waals surface area contributed by atoms with Gasteiger partial charge in [-0.2, -0.15) is 0 Å². The summed E-state index contributed by atoms with van der Waals surface area (Å²) in [7, 11) is 1.83. The molecular weight excluding hydrogens is 253 g/mol. The van der Waals surface area contributed by atoms with Gasteiger partial charge >= 0.3 is 0 Å². The van der Waals surface area contributed by atoms with Crippen molar-refractivity contribution in [2.45, 2.75) is 25.4 Å². The second-order valence-electron chi connectivity index (χ2n) is 5.19. The van der Waals surface area contributed by atoms with Crippen LogP contribution >= 0.6 is 0 Å². The minimum Gasteiger partial charge on any atom is -0.327 e. The molecule has 0 atom stereocenters. The molecule has 1 aromatic carbocycles. The average molecular weight is 271 g/mol. The Morgan fingerprint density at radius 1 is 1.30 bits per heavy atom. The summed E-state index contributed by atoms with van der Waals surface area (Å²) in [5, 5.41) is 3.47. The van der Waals surface area contributed by atoms with E-state index < -0.39 is 0 Å². The highest BCUT2D eigenvalue weighted by Crippen LogP contribution is 2.25. The normalized spacial score (nSPS) is 14.3. The van der Waals surface area contributed by atoms with Crippen molar-refractivity contribution in [3.63, 3.8) is 0 Å². The van der Waals surface area contributed by atoms with Crippen LogP contribution in [0.4, 0.5) is 15.9 Å². The van der Waals surface area contributed by atoms with E-state index >= 15 is 0 Å². The molecule has 0 amide bonds. The number of hydrogen-bond acceptors (Lipinski definition) is 3. The molecular formula is C16H18FN3. The predicted octanol–water partition coefficient (Wildman–Crippen LogP) is 3.24. The van der Waals surface area contributed by atoms with Gasteiger partial charge in [0.1, 0.15) is 11.6 Å². The van der Waals surface area contributed by atoms with Crippen LogP contribution in [0.1, 0.15) is 18.4 Å². The van der Waals surface area contributed by atoms with E-state index in [2.05, 4.69) is 10.3 Å². The molecule has 0 radical (unpaired) electrons. The van der Waals surface area contributed by atoms with Crippen LogP contribution < -0.4 is 10.2 Å². The minimum absolute atomic E-state index is 0.238. The summed E-state index contributed by atoms with van der Waals surface area (Å²) < 4.78 is 13.8. The summed E-state index contributed by atoms with van der Waals surface area (Å²) in [5.74, 6) is 0.517. The molecule has 1 heterocycles. The summed E-state index contributed by atoms with van der Waals surface area (Å²) in [6, 6.07) is 11.4. The third kappa shape index (κ3) is 2.96. The summed E-state index contributed by atoms with van der Waals surface area (Å²) >= 11 is 0. The van der Waals surface area contributed by atoms with Crippen molar-refractivity contribution in [2.24, 2.45) is 0 Å². The van der Waals surface area contributed by atoms with Gasteiger partial charge in [0.2, 0.25) is 0 Å². The van der Waals surface area contributed by atoms with Crippen molar-refractivity contribution in [2.75, 3.05) is 11.9 Å². The fourth-order valence-corrected chi connectivity index (χ4v) is 2.15. The molecule has 3 rings (SSSR count). The maximum atomic E-state index is 13.8. The number of anilines is 2. The lowest BCUT2D eigenvalue weighted by molar-refractivity contribution is 0.627. The van der Waals surface area contributed by atoms with Crippen LogP contribution in [0.5, 0.6) is 0 Å². The highest BCUT2D eigenvalue weighted by atomic mass is 19.1. The molecule has 1 N–H and O–H groups in total. The van der Waals surface area contributed by atoms with Crippen LogP contribution in [0, 0.1) is 5.82 Å². The summed E-state index contributed by atoms with van der Waals surface area (Å²) in [6.45, 7) is 0.839. The molecule has 1 saturated carbocycles. The van der Waals surface area contributed by atoms with Crippen LogP contribution in [0.15, 0.2) is 42.6 Å². The Balaban J connectivity index is 1.78. The van der Waals surface area contributed by atoms with Gasteiger partial charge in [-0.15, -0.1) is 0 Å². The molecule has 1 fully saturated rings. The van der Waals surface area contributed by atoms with Gasteiger partial charge < -0.3 is 10.2 Å². The highest BCUT2D eigenvalue weighted by Gasteiger charge is 2.20. The zero-order valence-corrected chi connectivity index (χ0v) is 11.5. The van der Waals surface area contributed by atoms with Gasteiger partial charge in [0.15, 0.2) is 0 Å². The monoisotopic (exact) mass is 271 g/mol. The van der Waals surface area contributed by atoms with E-state index in [1.807, 2.05) is 25.2 Å². The van der Waals surface area contributed by atoms with Gasteiger partial charge in [-0.3, -0.25) is 0 Å². The topological polar surface area (TPSA) is 28.2 Å². The van der Waals surface area contributed by atoms with Crippen LogP contribution in [-0.2, 0) is 6.54 Å². The van der Waals surface area contributed by atoms with E-state index in [9.17, 15) is 4.39 Å². The minimum atomic E-state index is -0.238. The van der Waals surface area contributed by atoms with Crippen molar-refractivity contribution in [1.29, 1.82) is 0 Å². The number of nitrogens with one attached hydrogen (secondary N) is 1. The van der Waals surface area contributed by atoms with Gasteiger partial charge in [-0.25, -0.2) is 9.37 Å². The van der Waals surface area contributed by atoms with Crippen LogP contribution in [0.25, 0.3) is 0 Å². The Morgan fingerprint density at radius 3 is 2.85 bits per heavy atom. The maximum Gasteiger partial charge on any atom is 0.146 e. The fraction of sp³-hybridized carbons (Fsp3) is 0.312. The van der Waals surface area contributed by atoms with Crippen molar-refractivity contribution in [3.05, 3.63) is 54.0 Å². The molecule has 1 aromatic heterocycles. The molecule has 0 aliphatic heterocycles. The van der Waals surface area contributed by atoms with E-state index in [1.165, 1.54) is 24.5 Å². The Morgan fingerprint density at radius 2 is 2.10 bits per heavy atom. The van der Waals surface area contributed by atoms with E-state index in [0.29, 0.717) is 11.7 Å². The highest BCUT2D eigenvalue weighted by molar-refractivity contribution is 5.60. The lowest BCUT2D eigenvalue weighted by atomic mass is 10.2. The Labute approximate surface area is 118 Å². The summed E-state index contributed by atoms with van der Waals surface area (Å²) in [4.78, 5) is 6.10. The zero-order chi connectivity index (χ0) is 13.9. The van der Waals surface area contributed by atoms with E-state index in [-0.39, 0.29) is 5.82 Å². The molecule has 2 aromatic rings. The molecule has 0 bridgehead atoms. The largest absolute Gasteiger partial charge is 0.327 e. The second-order valence-corrected chi connectivity index (χ2v) is 5.19. The standard InChI is InChI=1S/C16H18FN3/c1-20(15-5-3-2-4-14(15)17)16-10-12(8-9-18-16)11-19-13-6-7-13/h2-5,8-10,13,19H,6-7,11H2,1H3. The van der Waals surface area contributed by atoms with Gasteiger partial charge in [-0.1, -0.05) is 12.1 Å². The second kappa shape index (κ2) is 5.59. The smallest absolute Gasteiger partial charge is 0.146 e. The quantitative estimate of drug-likeness (QED) is 0.905. The first-order valence-corrected chi connectivity index (χ1v) is 6.90. The number of halogens is 1. The number of pyridine rings is 1. The first-order chi connectivity index (χ1) is 9.74. The number of benzene rings is 1. The summed E-state index contributed by atoms with van der Waals surface area (Å²) in [6.07, 6.45) is 4.32. The third-order valence-electron chi connectivity index (χ3n) is 3.54. The van der Waals surface area contributed by atoms with Crippen molar-refractivity contribution in [3.8, 4) is 0 Å². The number of aromatic nitrogens is 1. The molecule has 0 saturated heterocycles. The molecule has 20 heavy (non-hydrogen) atoms. The lowest BCUT2D eigenvalue weighted by Crippen LogP contribution is -2.17. The molecule has 1 aliphatic rings. The van der Waals surface area contributed by atoms with Crippen molar-refractivity contribution in [1.82, 2.24) is 10.3 Å². The van der Waals surface area contributed by atoms with E-state index in [4.69, 9.17) is 0 Å². The fourth-order valence-electron chi connectivity index (χ4n) is 2.15. The summed E-state index contributed by atoms with van der Waals surface area (Å²) in [5.41, 5.74) is 1.71. The number of nitrogens with zero attached hydrogens (tertiary/aromatic N) is 2. The average Bonchev–Trinajstić information content (AvgIpc) is 3.29.